The molecule has 1 aromatic heterocycles. The summed E-state index contributed by atoms with van der Waals surface area (Å²) in [6, 6.07) is 5.32. The van der Waals surface area contributed by atoms with E-state index in [2.05, 4.69) is 11.8 Å². The third-order valence-electron chi connectivity index (χ3n) is 10.1. The molecule has 190 valence electrons. The Bertz CT molecular complexity index is 1250. The minimum atomic E-state index is -0.978. The predicted molar refractivity (Wildman–Crippen MR) is 134 cm³/mol. The second kappa shape index (κ2) is 7.39. The predicted octanol–water partition coefficient (Wildman–Crippen LogP) is 3.48. The van der Waals surface area contributed by atoms with Gasteiger partial charge in [0.1, 0.15) is 5.60 Å². The first-order chi connectivity index (χ1) is 17.3. The summed E-state index contributed by atoms with van der Waals surface area (Å²) in [5.41, 5.74) is 0.447. The van der Waals surface area contributed by atoms with Crippen LogP contribution in [0.25, 0.3) is 6.08 Å². The lowest BCUT2D eigenvalue weighted by Gasteiger charge is -2.68. The molecule has 3 heterocycles. The Kier molecular flexibility index (Phi) is 4.60. The third kappa shape index (κ3) is 2.73. The molecule has 2 aromatic rings. The summed E-state index contributed by atoms with van der Waals surface area (Å²) in [4.78, 5) is 17.6. The Balaban J connectivity index is 1.32. The smallest absolute Gasteiger partial charge is 0.246 e. The van der Waals surface area contributed by atoms with Crippen molar-refractivity contribution >= 4 is 12.0 Å². The number of likely N-dealkylation sites (N-methyl/N-ethyl adjacent to an activating group) is 1. The van der Waals surface area contributed by atoms with Crippen LogP contribution in [0.3, 0.4) is 0 Å². The van der Waals surface area contributed by atoms with Gasteiger partial charge in [-0.05, 0) is 81.7 Å². The quantitative estimate of drug-likeness (QED) is 0.625. The zero-order valence-electron chi connectivity index (χ0n) is 20.9. The van der Waals surface area contributed by atoms with E-state index in [1.165, 1.54) is 12.8 Å². The molecule has 2 bridgehead atoms. The number of hydrogen-bond donors (Lipinski definition) is 2. The fourth-order valence-electron chi connectivity index (χ4n) is 8.28. The van der Waals surface area contributed by atoms with E-state index in [9.17, 15) is 15.0 Å². The molecule has 36 heavy (non-hydrogen) atoms. The van der Waals surface area contributed by atoms with Crippen molar-refractivity contribution in [1.29, 1.82) is 0 Å². The average Bonchev–Trinajstić information content (AvgIpc) is 3.41. The number of rotatable bonds is 5. The fraction of sp³-hybridized carbons (Fsp3) is 0.552. The molecule has 2 aliphatic heterocycles. The Morgan fingerprint density at radius 1 is 1.25 bits per heavy atom. The van der Waals surface area contributed by atoms with E-state index in [-0.39, 0.29) is 23.7 Å². The van der Waals surface area contributed by atoms with Crippen LogP contribution in [0.1, 0.15) is 55.7 Å². The van der Waals surface area contributed by atoms with E-state index in [0.717, 1.165) is 48.5 Å². The van der Waals surface area contributed by atoms with Crippen LogP contribution in [-0.4, -0.2) is 69.3 Å². The highest BCUT2D eigenvalue weighted by Crippen LogP contribution is 2.69. The van der Waals surface area contributed by atoms with Gasteiger partial charge in [-0.2, -0.15) is 0 Å². The Hall–Kier alpha value is -2.77. The molecular weight excluding hydrogens is 456 g/mol. The number of phenols is 1. The Morgan fingerprint density at radius 3 is 2.83 bits per heavy atom. The van der Waals surface area contributed by atoms with Crippen molar-refractivity contribution < 1.29 is 24.2 Å². The number of piperidine rings is 1. The summed E-state index contributed by atoms with van der Waals surface area (Å²) in [6.45, 7) is 4.00. The highest BCUT2D eigenvalue weighted by molar-refractivity contribution is 5.92. The lowest BCUT2D eigenvalue weighted by Crippen LogP contribution is -2.82. The number of furan rings is 1. The highest BCUT2D eigenvalue weighted by Gasteiger charge is 2.78. The molecule has 7 heteroatoms. The first-order valence-corrected chi connectivity index (χ1v) is 13.3. The van der Waals surface area contributed by atoms with Crippen molar-refractivity contribution in [1.82, 2.24) is 9.80 Å². The van der Waals surface area contributed by atoms with Gasteiger partial charge in [0, 0.05) is 36.8 Å². The lowest BCUT2D eigenvalue weighted by atomic mass is 9.44. The molecule has 2 unspecified atom stereocenters. The van der Waals surface area contributed by atoms with Crippen molar-refractivity contribution in [3.63, 3.8) is 0 Å². The van der Waals surface area contributed by atoms with Gasteiger partial charge in [0.05, 0.1) is 29.6 Å². The number of carbonyl (C=O) groups excluding carboxylic acids is 1. The highest BCUT2D eigenvalue weighted by atomic mass is 16.5. The number of hydrogen-bond acceptors (Lipinski definition) is 6. The third-order valence-corrected chi connectivity index (χ3v) is 10.1. The van der Waals surface area contributed by atoms with Gasteiger partial charge in [-0.3, -0.25) is 9.69 Å². The molecule has 1 aromatic carbocycles. The van der Waals surface area contributed by atoms with Crippen LogP contribution < -0.4 is 4.74 Å². The normalized spacial score (nSPS) is 36.5. The van der Waals surface area contributed by atoms with Gasteiger partial charge < -0.3 is 24.3 Å². The molecule has 2 N–H and O–H groups in total. The van der Waals surface area contributed by atoms with Crippen molar-refractivity contribution in [3.05, 3.63) is 53.5 Å². The lowest BCUT2D eigenvalue weighted by molar-refractivity contribution is -0.229. The second-order valence-corrected chi connectivity index (χ2v) is 11.8. The first kappa shape index (κ1) is 22.4. The van der Waals surface area contributed by atoms with E-state index < -0.39 is 16.6 Å². The van der Waals surface area contributed by atoms with Gasteiger partial charge in [0.15, 0.2) is 11.5 Å². The van der Waals surface area contributed by atoms with Gasteiger partial charge in [-0.25, -0.2) is 0 Å². The van der Waals surface area contributed by atoms with Gasteiger partial charge in [0.2, 0.25) is 5.91 Å². The number of nitrogens with zero attached hydrogens (tertiary/aromatic N) is 2. The summed E-state index contributed by atoms with van der Waals surface area (Å²) in [7, 11) is 1.83. The minimum Gasteiger partial charge on any atom is -0.504 e. The second-order valence-electron chi connectivity index (χ2n) is 11.8. The maximum absolute atomic E-state index is 13.3. The van der Waals surface area contributed by atoms with Crippen LogP contribution in [0.4, 0.5) is 0 Å². The molecule has 7 rings (SSSR count). The van der Waals surface area contributed by atoms with Crippen molar-refractivity contribution in [2.45, 2.75) is 74.1 Å². The zero-order chi connectivity index (χ0) is 24.9. The summed E-state index contributed by atoms with van der Waals surface area (Å²) in [6.07, 6.45) is 11.8. The molecule has 5 atom stereocenters. The molecule has 1 amide bonds. The topological polar surface area (TPSA) is 86.4 Å². The summed E-state index contributed by atoms with van der Waals surface area (Å²) < 4.78 is 11.9. The van der Waals surface area contributed by atoms with Gasteiger partial charge in [0.25, 0.3) is 0 Å². The number of phenolic OH excluding ortho intramolecular Hbond substituents is 1. The van der Waals surface area contributed by atoms with E-state index in [4.69, 9.17) is 9.15 Å². The first-order valence-electron chi connectivity index (χ1n) is 13.3. The maximum Gasteiger partial charge on any atom is 0.246 e. The van der Waals surface area contributed by atoms with E-state index in [1.54, 1.807) is 35.6 Å². The Labute approximate surface area is 211 Å². The van der Waals surface area contributed by atoms with Gasteiger partial charge >= 0.3 is 0 Å². The number of carbonyl (C=O) groups is 1. The molecule has 0 radical (unpaired) electrons. The van der Waals surface area contributed by atoms with Gasteiger partial charge in [-0.15, -0.1) is 0 Å². The minimum absolute atomic E-state index is 0.0145. The zero-order valence-corrected chi connectivity index (χ0v) is 20.9. The summed E-state index contributed by atoms with van der Waals surface area (Å²) in [5, 5.41) is 23.6. The van der Waals surface area contributed by atoms with Crippen LogP contribution in [0, 0.1) is 5.92 Å². The molecule has 5 aliphatic rings. The molecule has 7 nitrogen and oxygen atoms in total. The largest absolute Gasteiger partial charge is 0.504 e. The molecule has 3 aliphatic carbocycles. The number of ether oxygens (including phenoxy) is 1. The van der Waals surface area contributed by atoms with Gasteiger partial charge in [-0.1, -0.05) is 6.07 Å². The van der Waals surface area contributed by atoms with Crippen molar-refractivity contribution in [3.8, 4) is 11.5 Å². The van der Waals surface area contributed by atoms with Crippen LogP contribution in [0.15, 0.2) is 41.2 Å². The fourth-order valence-corrected chi connectivity index (χ4v) is 8.28. The van der Waals surface area contributed by atoms with E-state index >= 15 is 0 Å². The number of amides is 1. The molecule has 1 saturated heterocycles. The van der Waals surface area contributed by atoms with E-state index in [1.807, 2.05) is 19.2 Å². The van der Waals surface area contributed by atoms with Crippen LogP contribution in [0.5, 0.6) is 11.5 Å². The van der Waals surface area contributed by atoms with Crippen LogP contribution >= 0.6 is 0 Å². The average molecular weight is 491 g/mol. The summed E-state index contributed by atoms with van der Waals surface area (Å²) >= 11 is 0. The SMILES string of the molecule is CN(C(=O)/C=C/c1ccoc1)C1CC[C@@]2(O)[C@H]3Cc4ccc(O)c5c4[C@@]2(CCN3CC2CC2)C1(C)O5. The summed E-state index contributed by atoms with van der Waals surface area (Å²) in [5.74, 6) is 1.25. The number of aliphatic hydroxyl groups is 1. The molecule has 1 spiro atoms. The number of benzene rings is 1. The number of aromatic hydroxyl groups is 1. The van der Waals surface area contributed by atoms with Crippen molar-refractivity contribution in [2.24, 2.45) is 5.92 Å². The van der Waals surface area contributed by atoms with Crippen LogP contribution in [0.2, 0.25) is 0 Å². The standard InChI is InChI=1S/C29H34N2O5/c1-27-22(30(2)24(33)8-5-19-10-14-35-17-19)9-11-29(34)23-15-20-6-7-21(32)26(36-27)25(20)28(27,29)12-13-31(23)16-18-3-4-18/h5-8,10,14,17-18,22-23,32,34H,3-4,9,11-13,15-16H2,1-2H3/b8-5+/t22?,23-,27?,28+,29-/m1/s1. The van der Waals surface area contributed by atoms with E-state index in [0.29, 0.717) is 18.6 Å². The Morgan fingerprint density at radius 2 is 2.08 bits per heavy atom. The molecule has 3 fully saturated rings. The van der Waals surface area contributed by atoms with Crippen molar-refractivity contribution in [2.75, 3.05) is 20.1 Å². The van der Waals surface area contributed by atoms with Crippen LogP contribution in [-0.2, 0) is 16.6 Å². The monoisotopic (exact) mass is 490 g/mol. The molecule has 2 saturated carbocycles. The maximum atomic E-state index is 13.3. The number of likely N-dealkylation sites (tertiary alicyclic amines) is 1. The molecular formula is C29H34N2O5.